The maximum absolute atomic E-state index is 13.0. The third kappa shape index (κ3) is 5.20. The van der Waals surface area contributed by atoms with Crippen molar-refractivity contribution in [3.63, 3.8) is 0 Å². The average molecular weight is 416 g/mol. The molecule has 1 aromatic rings. The molecule has 1 N–H and O–H groups in total. The second-order valence-corrected chi connectivity index (χ2v) is 9.20. The lowest BCUT2D eigenvalue weighted by molar-refractivity contribution is -0.138. The number of piperidine rings is 2. The predicted octanol–water partition coefficient (Wildman–Crippen LogP) is 4.05. The van der Waals surface area contributed by atoms with Crippen LogP contribution < -0.4 is 5.32 Å². The van der Waals surface area contributed by atoms with E-state index in [0.717, 1.165) is 64.7 Å². The molecule has 0 bridgehead atoms. The number of halogens is 1. The summed E-state index contributed by atoms with van der Waals surface area (Å²) in [6, 6.07) is 6.46. The Morgan fingerprint density at radius 2 is 1.43 bits per heavy atom. The summed E-state index contributed by atoms with van der Waals surface area (Å²) in [7, 11) is 0. The molecule has 0 radical (unpaired) electrons. The lowest BCUT2D eigenvalue weighted by Crippen LogP contribution is -2.50. The fourth-order valence-electron chi connectivity index (χ4n) is 5.36. The van der Waals surface area contributed by atoms with Gasteiger partial charge in [-0.1, -0.05) is 19.3 Å². The number of anilines is 1. The first-order chi connectivity index (χ1) is 14.6. The molecule has 5 nitrogen and oxygen atoms in total. The quantitative estimate of drug-likeness (QED) is 0.807. The van der Waals surface area contributed by atoms with E-state index >= 15 is 0 Å². The normalized spacial score (nSPS) is 22.8. The highest BCUT2D eigenvalue weighted by molar-refractivity contribution is 5.92. The molecular formula is C24H34FN3O2. The van der Waals surface area contributed by atoms with Gasteiger partial charge in [-0.3, -0.25) is 9.59 Å². The summed E-state index contributed by atoms with van der Waals surface area (Å²) in [6.07, 6.45) is 9.65. The third-order valence-electron chi connectivity index (χ3n) is 7.26. The van der Waals surface area contributed by atoms with Crippen molar-refractivity contribution in [2.75, 3.05) is 31.5 Å². The molecule has 2 heterocycles. The topological polar surface area (TPSA) is 52.7 Å². The van der Waals surface area contributed by atoms with Crippen LogP contribution in [0.3, 0.4) is 0 Å². The zero-order chi connectivity index (χ0) is 20.9. The van der Waals surface area contributed by atoms with Crippen molar-refractivity contribution in [1.82, 2.24) is 9.80 Å². The fraction of sp³-hybridized carbons (Fsp3) is 0.667. The number of hydrogen-bond acceptors (Lipinski definition) is 3. The molecule has 4 rings (SSSR count). The molecule has 0 spiro atoms. The Morgan fingerprint density at radius 1 is 0.800 bits per heavy atom. The maximum Gasteiger partial charge on any atom is 0.227 e. The zero-order valence-corrected chi connectivity index (χ0v) is 17.8. The van der Waals surface area contributed by atoms with Gasteiger partial charge in [-0.05, 0) is 75.9 Å². The van der Waals surface area contributed by atoms with E-state index in [1.54, 1.807) is 12.1 Å². The first kappa shape index (κ1) is 21.3. The number of benzene rings is 1. The Labute approximate surface area is 179 Å². The number of likely N-dealkylation sites (tertiary alicyclic amines) is 2. The van der Waals surface area contributed by atoms with E-state index in [4.69, 9.17) is 0 Å². The first-order valence-corrected chi connectivity index (χ1v) is 11.7. The van der Waals surface area contributed by atoms with Crippen molar-refractivity contribution in [3.05, 3.63) is 30.1 Å². The van der Waals surface area contributed by atoms with Crippen LogP contribution in [-0.4, -0.2) is 53.8 Å². The monoisotopic (exact) mass is 415 g/mol. The average Bonchev–Trinajstić information content (AvgIpc) is 2.81. The van der Waals surface area contributed by atoms with E-state index in [1.807, 2.05) is 0 Å². The molecular weight excluding hydrogens is 381 g/mol. The molecule has 6 heteroatoms. The number of carbonyl (C=O) groups excluding carboxylic acids is 2. The molecule has 0 aromatic heterocycles. The van der Waals surface area contributed by atoms with Gasteiger partial charge in [-0.2, -0.15) is 0 Å². The van der Waals surface area contributed by atoms with Crippen molar-refractivity contribution in [2.24, 2.45) is 11.8 Å². The number of amides is 2. The molecule has 164 valence electrons. The van der Waals surface area contributed by atoms with E-state index in [9.17, 15) is 14.0 Å². The van der Waals surface area contributed by atoms with Gasteiger partial charge in [0.25, 0.3) is 0 Å². The molecule has 0 unspecified atom stereocenters. The first-order valence-electron chi connectivity index (χ1n) is 11.7. The van der Waals surface area contributed by atoms with E-state index in [1.165, 1.54) is 31.4 Å². The van der Waals surface area contributed by atoms with E-state index in [-0.39, 0.29) is 23.6 Å². The molecule has 1 aromatic carbocycles. The van der Waals surface area contributed by atoms with Crippen LogP contribution in [0, 0.1) is 17.7 Å². The van der Waals surface area contributed by atoms with E-state index in [0.29, 0.717) is 17.6 Å². The van der Waals surface area contributed by atoms with Gasteiger partial charge >= 0.3 is 0 Å². The Hall–Kier alpha value is -1.95. The van der Waals surface area contributed by atoms with Gasteiger partial charge in [-0.25, -0.2) is 4.39 Å². The highest BCUT2D eigenvalue weighted by atomic mass is 19.1. The Balaban J connectivity index is 1.20. The summed E-state index contributed by atoms with van der Waals surface area (Å²) in [5.74, 6) is 0.413. The standard InChI is InChI=1S/C24H34FN3O2/c25-20-6-8-21(9-7-20)26-23(29)18-10-14-27(15-11-18)22-12-16-28(17-13-22)24(30)19-4-2-1-3-5-19/h6-9,18-19,22H,1-5,10-17H2,(H,26,29). The van der Waals surface area contributed by atoms with Crippen LogP contribution in [-0.2, 0) is 9.59 Å². The number of hydrogen-bond donors (Lipinski definition) is 1. The molecule has 3 aliphatic rings. The zero-order valence-electron chi connectivity index (χ0n) is 17.8. The molecule has 0 atom stereocenters. The van der Waals surface area contributed by atoms with Crippen LogP contribution in [0.4, 0.5) is 10.1 Å². The highest BCUT2D eigenvalue weighted by Gasteiger charge is 2.33. The van der Waals surface area contributed by atoms with Crippen molar-refractivity contribution in [1.29, 1.82) is 0 Å². The number of nitrogens with zero attached hydrogens (tertiary/aromatic N) is 2. The summed E-state index contributed by atoms with van der Waals surface area (Å²) in [6.45, 7) is 3.63. The van der Waals surface area contributed by atoms with Crippen LogP contribution in [0.2, 0.25) is 0 Å². The van der Waals surface area contributed by atoms with Crippen LogP contribution in [0.5, 0.6) is 0 Å². The summed E-state index contributed by atoms with van der Waals surface area (Å²) in [5, 5.41) is 2.91. The van der Waals surface area contributed by atoms with Crippen LogP contribution in [0.1, 0.15) is 57.8 Å². The van der Waals surface area contributed by atoms with Crippen LogP contribution in [0.25, 0.3) is 0 Å². The van der Waals surface area contributed by atoms with Crippen molar-refractivity contribution in [3.8, 4) is 0 Å². The van der Waals surface area contributed by atoms with E-state index in [2.05, 4.69) is 15.1 Å². The van der Waals surface area contributed by atoms with Crippen LogP contribution in [0.15, 0.2) is 24.3 Å². The summed E-state index contributed by atoms with van der Waals surface area (Å²) in [5.41, 5.74) is 0.652. The minimum Gasteiger partial charge on any atom is -0.342 e. The smallest absolute Gasteiger partial charge is 0.227 e. The Morgan fingerprint density at radius 3 is 2.07 bits per heavy atom. The molecule has 1 aliphatic carbocycles. The Kier molecular flexibility index (Phi) is 7.03. The lowest BCUT2D eigenvalue weighted by atomic mass is 9.87. The van der Waals surface area contributed by atoms with Gasteiger partial charge in [-0.15, -0.1) is 0 Å². The number of nitrogens with one attached hydrogen (secondary N) is 1. The molecule has 2 saturated heterocycles. The fourth-order valence-corrected chi connectivity index (χ4v) is 5.36. The maximum atomic E-state index is 13.0. The summed E-state index contributed by atoms with van der Waals surface area (Å²) < 4.78 is 13.0. The molecule has 3 fully saturated rings. The Bertz CT molecular complexity index is 716. The van der Waals surface area contributed by atoms with Crippen molar-refractivity contribution < 1.29 is 14.0 Å². The molecule has 30 heavy (non-hydrogen) atoms. The van der Waals surface area contributed by atoms with Gasteiger partial charge < -0.3 is 15.1 Å². The third-order valence-corrected chi connectivity index (χ3v) is 7.26. The van der Waals surface area contributed by atoms with Gasteiger partial charge in [0.05, 0.1) is 0 Å². The number of carbonyl (C=O) groups is 2. The number of rotatable bonds is 4. The van der Waals surface area contributed by atoms with Crippen molar-refractivity contribution in [2.45, 2.75) is 63.8 Å². The van der Waals surface area contributed by atoms with Gasteiger partial charge in [0.1, 0.15) is 5.82 Å². The summed E-state index contributed by atoms with van der Waals surface area (Å²) in [4.78, 5) is 29.9. The molecule has 2 amide bonds. The SMILES string of the molecule is O=C(Nc1ccc(F)cc1)C1CCN(C2CCN(C(=O)C3CCCCC3)CC2)CC1. The minimum absolute atomic E-state index is 0.0132. The second kappa shape index (κ2) is 9.90. The summed E-state index contributed by atoms with van der Waals surface area (Å²) >= 11 is 0. The van der Waals surface area contributed by atoms with E-state index < -0.39 is 0 Å². The van der Waals surface area contributed by atoms with Crippen molar-refractivity contribution >= 4 is 17.5 Å². The van der Waals surface area contributed by atoms with Gasteiger partial charge in [0, 0.05) is 36.7 Å². The largest absolute Gasteiger partial charge is 0.342 e. The molecule has 1 saturated carbocycles. The predicted molar refractivity (Wildman–Crippen MR) is 116 cm³/mol. The van der Waals surface area contributed by atoms with Crippen LogP contribution >= 0.6 is 0 Å². The van der Waals surface area contributed by atoms with Gasteiger partial charge in [0.2, 0.25) is 11.8 Å². The minimum atomic E-state index is -0.298. The molecule has 2 aliphatic heterocycles. The van der Waals surface area contributed by atoms with Gasteiger partial charge in [0.15, 0.2) is 0 Å². The second-order valence-electron chi connectivity index (χ2n) is 9.20. The lowest BCUT2D eigenvalue weighted by Gasteiger charge is -2.42. The highest BCUT2D eigenvalue weighted by Crippen LogP contribution is 2.29.